The maximum absolute atomic E-state index is 10.9. The van der Waals surface area contributed by atoms with E-state index in [4.69, 9.17) is 15.6 Å². The van der Waals surface area contributed by atoms with E-state index in [9.17, 15) is 4.79 Å². The molecule has 0 saturated carbocycles. The molecule has 0 aliphatic heterocycles. The summed E-state index contributed by atoms with van der Waals surface area (Å²) >= 11 is 0. The highest BCUT2D eigenvalue weighted by Gasteiger charge is 2.16. The van der Waals surface area contributed by atoms with Crippen molar-refractivity contribution < 1.29 is 14.6 Å². The van der Waals surface area contributed by atoms with Crippen molar-refractivity contribution in [3.8, 4) is 5.75 Å². The molecule has 0 bridgehead atoms. The second kappa shape index (κ2) is 5.87. The summed E-state index contributed by atoms with van der Waals surface area (Å²) in [6.07, 6.45) is 0.446. The molecule has 0 amide bonds. The maximum atomic E-state index is 10.9. The van der Waals surface area contributed by atoms with Crippen molar-refractivity contribution in [2.24, 2.45) is 11.7 Å². The van der Waals surface area contributed by atoms with Gasteiger partial charge in [0.2, 0.25) is 0 Å². The summed E-state index contributed by atoms with van der Waals surface area (Å²) < 4.78 is 5.69. The number of aliphatic carboxylic acids is 1. The maximum Gasteiger partial charge on any atom is 0.308 e. The highest BCUT2D eigenvalue weighted by atomic mass is 16.5. The predicted octanol–water partition coefficient (Wildman–Crippen LogP) is 2.07. The van der Waals surface area contributed by atoms with E-state index in [1.165, 1.54) is 0 Å². The molecule has 0 aromatic heterocycles. The Bertz CT molecular complexity index is 392. The molecule has 4 heteroatoms. The van der Waals surface area contributed by atoms with Crippen LogP contribution in [0.2, 0.25) is 0 Å². The first-order chi connectivity index (χ1) is 8.31. The lowest BCUT2D eigenvalue weighted by Gasteiger charge is -2.21. The Morgan fingerprint density at radius 3 is 2.28 bits per heavy atom. The molecular formula is C14H21NO3. The van der Waals surface area contributed by atoms with Crippen LogP contribution in [0.25, 0.3) is 0 Å². The van der Waals surface area contributed by atoms with Gasteiger partial charge in [-0.1, -0.05) is 12.1 Å². The van der Waals surface area contributed by atoms with Gasteiger partial charge in [-0.05, 0) is 44.9 Å². The molecule has 1 aromatic rings. The van der Waals surface area contributed by atoms with Gasteiger partial charge in [-0.15, -0.1) is 0 Å². The Morgan fingerprint density at radius 1 is 1.33 bits per heavy atom. The summed E-state index contributed by atoms with van der Waals surface area (Å²) in [7, 11) is 0. The fourth-order valence-electron chi connectivity index (χ4n) is 1.60. The molecule has 0 fully saturated rings. The van der Waals surface area contributed by atoms with Crippen molar-refractivity contribution in [2.75, 3.05) is 6.54 Å². The molecule has 1 rings (SSSR count). The molecule has 0 heterocycles. The fourth-order valence-corrected chi connectivity index (χ4v) is 1.60. The summed E-state index contributed by atoms with van der Waals surface area (Å²) in [5.74, 6) is -0.599. The minimum atomic E-state index is -0.854. The van der Waals surface area contributed by atoms with Gasteiger partial charge < -0.3 is 15.6 Å². The van der Waals surface area contributed by atoms with Crippen molar-refractivity contribution in [1.82, 2.24) is 0 Å². The Balaban J connectivity index is 2.68. The molecule has 3 N–H and O–H groups in total. The minimum Gasteiger partial charge on any atom is -0.488 e. The monoisotopic (exact) mass is 251 g/mol. The van der Waals surface area contributed by atoms with Gasteiger partial charge in [-0.25, -0.2) is 0 Å². The first-order valence-electron chi connectivity index (χ1n) is 6.02. The van der Waals surface area contributed by atoms with Crippen LogP contribution < -0.4 is 10.5 Å². The zero-order chi connectivity index (χ0) is 13.8. The van der Waals surface area contributed by atoms with E-state index in [-0.39, 0.29) is 12.1 Å². The van der Waals surface area contributed by atoms with Crippen LogP contribution in [0.5, 0.6) is 5.75 Å². The molecule has 0 unspecified atom stereocenters. The molecule has 1 aromatic carbocycles. The van der Waals surface area contributed by atoms with Crippen molar-refractivity contribution >= 4 is 5.97 Å². The zero-order valence-corrected chi connectivity index (χ0v) is 11.1. The molecule has 0 saturated heterocycles. The third-order valence-corrected chi connectivity index (χ3v) is 2.46. The summed E-state index contributed by atoms with van der Waals surface area (Å²) in [6, 6.07) is 7.48. The van der Waals surface area contributed by atoms with Crippen LogP contribution in [0, 0.1) is 5.92 Å². The van der Waals surface area contributed by atoms with Gasteiger partial charge in [0.05, 0.1) is 5.92 Å². The lowest BCUT2D eigenvalue weighted by molar-refractivity contribution is -0.141. The number of carbonyl (C=O) groups is 1. The zero-order valence-electron chi connectivity index (χ0n) is 11.1. The average Bonchev–Trinajstić information content (AvgIpc) is 2.25. The van der Waals surface area contributed by atoms with Crippen LogP contribution in [0.3, 0.4) is 0 Å². The molecular weight excluding hydrogens is 230 g/mol. The third-order valence-electron chi connectivity index (χ3n) is 2.46. The van der Waals surface area contributed by atoms with E-state index >= 15 is 0 Å². The van der Waals surface area contributed by atoms with Gasteiger partial charge in [-0.2, -0.15) is 0 Å². The average molecular weight is 251 g/mol. The molecule has 0 radical (unpaired) electrons. The van der Waals surface area contributed by atoms with Crippen LogP contribution in [0.15, 0.2) is 24.3 Å². The lowest BCUT2D eigenvalue weighted by Crippen LogP contribution is -2.25. The van der Waals surface area contributed by atoms with Crippen molar-refractivity contribution in [3.63, 3.8) is 0 Å². The molecule has 18 heavy (non-hydrogen) atoms. The van der Waals surface area contributed by atoms with Gasteiger partial charge in [0.15, 0.2) is 0 Å². The number of rotatable bonds is 5. The van der Waals surface area contributed by atoms with Crippen LogP contribution in [-0.4, -0.2) is 23.2 Å². The summed E-state index contributed by atoms with van der Waals surface area (Å²) in [5.41, 5.74) is 6.15. The van der Waals surface area contributed by atoms with Crippen molar-refractivity contribution in [1.29, 1.82) is 0 Å². The largest absolute Gasteiger partial charge is 0.488 e. The number of ether oxygens (including phenoxy) is 1. The summed E-state index contributed by atoms with van der Waals surface area (Å²) in [6.45, 7) is 6.09. The minimum absolute atomic E-state index is 0.148. The van der Waals surface area contributed by atoms with Crippen LogP contribution in [-0.2, 0) is 11.2 Å². The smallest absolute Gasteiger partial charge is 0.308 e. The van der Waals surface area contributed by atoms with Gasteiger partial charge in [0.25, 0.3) is 0 Å². The first-order valence-corrected chi connectivity index (χ1v) is 6.02. The molecule has 0 spiro atoms. The fraction of sp³-hybridized carbons (Fsp3) is 0.500. The quantitative estimate of drug-likeness (QED) is 0.840. The van der Waals surface area contributed by atoms with Gasteiger partial charge >= 0.3 is 5.97 Å². The van der Waals surface area contributed by atoms with Crippen molar-refractivity contribution in [2.45, 2.75) is 32.8 Å². The molecule has 0 aliphatic rings. The van der Waals surface area contributed by atoms with E-state index < -0.39 is 11.9 Å². The predicted molar refractivity (Wildman–Crippen MR) is 70.7 cm³/mol. The van der Waals surface area contributed by atoms with E-state index in [1.54, 1.807) is 0 Å². The summed E-state index contributed by atoms with van der Waals surface area (Å²) in [4.78, 5) is 10.9. The number of nitrogens with two attached hydrogens (primary N) is 1. The SMILES string of the molecule is CC(C)(C)Oc1ccc(C[C@@H](CN)C(=O)O)cc1. The highest BCUT2D eigenvalue weighted by molar-refractivity contribution is 5.70. The van der Waals surface area contributed by atoms with Crippen LogP contribution in [0.1, 0.15) is 26.3 Å². The number of hydrogen-bond acceptors (Lipinski definition) is 3. The lowest BCUT2D eigenvalue weighted by atomic mass is 9.99. The third kappa shape index (κ3) is 4.75. The number of carboxylic acids is 1. The number of hydrogen-bond donors (Lipinski definition) is 2. The molecule has 4 nitrogen and oxygen atoms in total. The van der Waals surface area contributed by atoms with E-state index in [0.717, 1.165) is 11.3 Å². The van der Waals surface area contributed by atoms with E-state index in [2.05, 4.69) is 0 Å². The Kier molecular flexibility index (Phi) is 4.73. The first kappa shape index (κ1) is 14.5. The number of carboxylic acid groups (broad SMARTS) is 1. The van der Waals surface area contributed by atoms with Gasteiger partial charge in [-0.3, -0.25) is 4.79 Å². The van der Waals surface area contributed by atoms with E-state index in [0.29, 0.717) is 6.42 Å². The van der Waals surface area contributed by atoms with Crippen LogP contribution >= 0.6 is 0 Å². The topological polar surface area (TPSA) is 72.5 Å². The second-order valence-corrected chi connectivity index (χ2v) is 5.33. The highest BCUT2D eigenvalue weighted by Crippen LogP contribution is 2.19. The summed E-state index contributed by atoms with van der Waals surface area (Å²) in [5, 5.41) is 8.94. The van der Waals surface area contributed by atoms with E-state index in [1.807, 2.05) is 45.0 Å². The Labute approximate surface area is 108 Å². The number of benzene rings is 1. The van der Waals surface area contributed by atoms with Gasteiger partial charge in [0.1, 0.15) is 11.4 Å². The molecule has 0 aliphatic carbocycles. The Hall–Kier alpha value is -1.55. The van der Waals surface area contributed by atoms with Gasteiger partial charge in [0, 0.05) is 6.54 Å². The normalized spacial score (nSPS) is 13.1. The van der Waals surface area contributed by atoms with Crippen LogP contribution in [0.4, 0.5) is 0 Å². The standard InChI is InChI=1S/C14H21NO3/c1-14(2,3)18-12-6-4-10(5-7-12)8-11(9-15)13(16)17/h4-7,11H,8-9,15H2,1-3H3,(H,16,17)/t11-/m0/s1. The Morgan fingerprint density at radius 2 is 1.89 bits per heavy atom. The molecule has 1 atom stereocenters. The molecule has 100 valence electrons. The second-order valence-electron chi connectivity index (χ2n) is 5.33. The van der Waals surface area contributed by atoms with Crippen molar-refractivity contribution in [3.05, 3.63) is 29.8 Å².